The van der Waals surface area contributed by atoms with E-state index in [1.54, 1.807) is 0 Å². The van der Waals surface area contributed by atoms with E-state index < -0.39 is 0 Å². The van der Waals surface area contributed by atoms with E-state index in [2.05, 4.69) is 20.3 Å². The van der Waals surface area contributed by atoms with Crippen LogP contribution in [0.3, 0.4) is 0 Å². The van der Waals surface area contributed by atoms with Gasteiger partial charge < -0.3 is 0 Å². The minimum atomic E-state index is 0.744. The summed E-state index contributed by atoms with van der Waals surface area (Å²) in [6, 6.07) is 3.79. The van der Waals surface area contributed by atoms with Crippen LogP contribution in [0.5, 0.6) is 0 Å². The molecular formula is C7H3BrClNS. The molecule has 0 spiro atoms. The minimum absolute atomic E-state index is 0.744. The Morgan fingerprint density at radius 3 is 3.09 bits per heavy atom. The van der Waals surface area contributed by atoms with Crippen LogP contribution in [0.2, 0.25) is 5.02 Å². The van der Waals surface area contributed by atoms with Crippen molar-refractivity contribution < 1.29 is 0 Å². The molecule has 0 bridgehead atoms. The van der Waals surface area contributed by atoms with Gasteiger partial charge in [0.25, 0.3) is 0 Å². The lowest BCUT2D eigenvalue weighted by Crippen LogP contribution is -1.67. The summed E-state index contributed by atoms with van der Waals surface area (Å²) in [7, 11) is 0. The molecule has 4 heteroatoms. The van der Waals surface area contributed by atoms with Crippen molar-refractivity contribution in [3.05, 3.63) is 27.8 Å². The Morgan fingerprint density at radius 2 is 2.27 bits per heavy atom. The van der Waals surface area contributed by atoms with Crippen molar-refractivity contribution in [3.63, 3.8) is 0 Å². The van der Waals surface area contributed by atoms with Crippen molar-refractivity contribution in [3.8, 4) is 0 Å². The summed E-state index contributed by atoms with van der Waals surface area (Å²) < 4.78 is 6.18. The Hall–Kier alpha value is -0.120. The van der Waals surface area contributed by atoms with E-state index in [4.69, 9.17) is 11.6 Å². The Labute approximate surface area is 81.3 Å². The van der Waals surface area contributed by atoms with Gasteiger partial charge in [0, 0.05) is 21.1 Å². The Morgan fingerprint density at radius 1 is 1.45 bits per heavy atom. The molecule has 0 saturated carbocycles. The van der Waals surface area contributed by atoms with Crippen molar-refractivity contribution in [1.29, 1.82) is 0 Å². The van der Waals surface area contributed by atoms with E-state index in [1.807, 2.05) is 18.3 Å². The maximum atomic E-state index is 5.83. The highest BCUT2D eigenvalue weighted by Crippen LogP contribution is 2.29. The van der Waals surface area contributed by atoms with Gasteiger partial charge in [-0.05, 0) is 23.7 Å². The fraction of sp³-hybridized carbons (Fsp3) is 0. The van der Waals surface area contributed by atoms with Crippen molar-refractivity contribution in [1.82, 2.24) is 4.37 Å². The van der Waals surface area contributed by atoms with Gasteiger partial charge in [0.1, 0.15) is 0 Å². The van der Waals surface area contributed by atoms with Gasteiger partial charge in [0.2, 0.25) is 0 Å². The summed E-state index contributed by atoms with van der Waals surface area (Å²) in [5, 5.41) is 1.87. The molecule has 2 aromatic rings. The van der Waals surface area contributed by atoms with Crippen LogP contribution in [0.4, 0.5) is 0 Å². The molecule has 0 aliphatic heterocycles. The van der Waals surface area contributed by atoms with Crippen molar-refractivity contribution >= 4 is 49.1 Å². The van der Waals surface area contributed by atoms with E-state index in [9.17, 15) is 0 Å². The monoisotopic (exact) mass is 247 g/mol. The zero-order chi connectivity index (χ0) is 7.84. The molecule has 0 N–H and O–H groups in total. The van der Waals surface area contributed by atoms with Gasteiger partial charge in [0.05, 0.1) is 4.70 Å². The maximum Gasteiger partial charge on any atom is 0.0576 e. The lowest BCUT2D eigenvalue weighted by Gasteiger charge is -1.92. The van der Waals surface area contributed by atoms with Crippen LogP contribution in [0, 0.1) is 0 Å². The van der Waals surface area contributed by atoms with Crippen LogP contribution in [0.1, 0.15) is 0 Å². The van der Waals surface area contributed by atoms with E-state index in [0.29, 0.717) is 0 Å². The van der Waals surface area contributed by atoms with Gasteiger partial charge in [-0.1, -0.05) is 27.5 Å². The highest BCUT2D eigenvalue weighted by atomic mass is 79.9. The number of nitrogens with zero attached hydrogens (tertiary/aromatic N) is 1. The van der Waals surface area contributed by atoms with E-state index in [0.717, 1.165) is 19.6 Å². The molecule has 11 heavy (non-hydrogen) atoms. The molecule has 2 rings (SSSR count). The van der Waals surface area contributed by atoms with Gasteiger partial charge in [-0.25, -0.2) is 0 Å². The standard InChI is InChI=1S/C7H3BrClNS/c8-6-1-4(9)2-7-5(6)3-10-11-7/h1-3H. The minimum Gasteiger partial charge on any atom is -0.200 e. The molecule has 56 valence electrons. The lowest BCUT2D eigenvalue weighted by molar-refractivity contribution is 1.60. The fourth-order valence-corrected chi connectivity index (χ4v) is 2.72. The van der Waals surface area contributed by atoms with Crippen molar-refractivity contribution in [2.24, 2.45) is 0 Å². The second kappa shape index (κ2) is 2.73. The number of benzene rings is 1. The number of halogens is 2. The van der Waals surface area contributed by atoms with Gasteiger partial charge in [-0.15, -0.1) is 0 Å². The first kappa shape index (κ1) is 7.53. The Balaban J connectivity index is 2.91. The molecule has 1 nitrogen and oxygen atoms in total. The topological polar surface area (TPSA) is 12.9 Å². The summed E-state index contributed by atoms with van der Waals surface area (Å²) in [6.45, 7) is 0. The smallest absolute Gasteiger partial charge is 0.0576 e. The molecule has 0 atom stereocenters. The van der Waals surface area contributed by atoms with Crippen LogP contribution in [0.25, 0.3) is 10.1 Å². The molecule has 1 heterocycles. The number of aromatic nitrogens is 1. The average Bonchev–Trinajstić information content (AvgIpc) is 2.34. The average molecular weight is 249 g/mol. The molecule has 0 aliphatic carbocycles. The molecule has 0 fully saturated rings. The fourth-order valence-electron chi connectivity index (χ4n) is 0.898. The molecule has 0 radical (unpaired) electrons. The van der Waals surface area contributed by atoms with Gasteiger partial charge in [-0.2, -0.15) is 4.37 Å². The summed E-state index contributed by atoms with van der Waals surface area (Å²) in [6.07, 6.45) is 1.83. The first-order chi connectivity index (χ1) is 5.27. The first-order valence-electron chi connectivity index (χ1n) is 2.97. The lowest BCUT2D eigenvalue weighted by atomic mass is 10.3. The molecule has 1 aromatic heterocycles. The van der Waals surface area contributed by atoms with E-state index in [-0.39, 0.29) is 0 Å². The Bertz CT molecular complexity index is 398. The normalized spacial score (nSPS) is 10.7. The number of rotatable bonds is 0. The summed E-state index contributed by atoms with van der Waals surface area (Å²) in [4.78, 5) is 0. The SMILES string of the molecule is Clc1cc(Br)c2cnsc2c1. The van der Waals surface area contributed by atoms with Gasteiger partial charge in [0.15, 0.2) is 0 Å². The molecule has 0 unspecified atom stereocenters. The second-order valence-electron chi connectivity index (χ2n) is 2.13. The van der Waals surface area contributed by atoms with Gasteiger partial charge >= 0.3 is 0 Å². The van der Waals surface area contributed by atoms with E-state index >= 15 is 0 Å². The molecule has 0 amide bonds. The molecule has 1 aromatic carbocycles. The second-order valence-corrected chi connectivity index (χ2v) is 4.25. The number of hydrogen-bond acceptors (Lipinski definition) is 2. The number of hydrogen-bond donors (Lipinski definition) is 0. The summed E-state index contributed by atoms with van der Waals surface area (Å²) in [5.41, 5.74) is 0. The predicted molar refractivity (Wildman–Crippen MR) is 52.3 cm³/mol. The Kier molecular flexibility index (Phi) is 1.87. The highest BCUT2D eigenvalue weighted by Gasteiger charge is 2.01. The zero-order valence-electron chi connectivity index (χ0n) is 5.34. The maximum absolute atomic E-state index is 5.83. The first-order valence-corrected chi connectivity index (χ1v) is 4.91. The highest BCUT2D eigenvalue weighted by molar-refractivity contribution is 9.10. The zero-order valence-corrected chi connectivity index (χ0v) is 8.50. The van der Waals surface area contributed by atoms with Crippen LogP contribution < -0.4 is 0 Å². The van der Waals surface area contributed by atoms with Crippen LogP contribution in [0.15, 0.2) is 22.8 Å². The van der Waals surface area contributed by atoms with Crippen molar-refractivity contribution in [2.45, 2.75) is 0 Å². The molecular weight excluding hydrogens is 246 g/mol. The largest absolute Gasteiger partial charge is 0.200 e. The van der Waals surface area contributed by atoms with Gasteiger partial charge in [-0.3, -0.25) is 0 Å². The van der Waals surface area contributed by atoms with Crippen LogP contribution >= 0.6 is 39.1 Å². The summed E-state index contributed by atoms with van der Waals surface area (Å²) in [5.74, 6) is 0. The quantitative estimate of drug-likeness (QED) is 0.692. The third kappa shape index (κ3) is 1.28. The number of fused-ring (bicyclic) bond motifs is 1. The van der Waals surface area contributed by atoms with Crippen LogP contribution in [-0.4, -0.2) is 4.37 Å². The third-order valence-corrected chi connectivity index (χ3v) is 3.01. The summed E-state index contributed by atoms with van der Waals surface area (Å²) >= 11 is 10.7. The predicted octanol–water partition coefficient (Wildman–Crippen LogP) is 3.71. The van der Waals surface area contributed by atoms with Crippen molar-refractivity contribution in [2.75, 3.05) is 0 Å². The molecule has 0 saturated heterocycles. The third-order valence-electron chi connectivity index (χ3n) is 1.39. The van der Waals surface area contributed by atoms with E-state index in [1.165, 1.54) is 11.5 Å². The van der Waals surface area contributed by atoms with Crippen LogP contribution in [-0.2, 0) is 0 Å². The molecule has 0 aliphatic rings.